The Kier molecular flexibility index (Phi) is 2.96. The van der Waals surface area contributed by atoms with E-state index in [2.05, 4.69) is 33.2 Å². The number of benzene rings is 2. The van der Waals surface area contributed by atoms with E-state index < -0.39 is 0 Å². The lowest BCUT2D eigenvalue weighted by Crippen LogP contribution is -2.01. The molecule has 0 fully saturated rings. The molecule has 0 bridgehead atoms. The smallest absolute Gasteiger partial charge is 0.222 e. The molecule has 0 amide bonds. The largest absolute Gasteiger partial charge is 0.383 e. The molecule has 4 rings (SSSR count). The zero-order chi connectivity index (χ0) is 16.1. The first-order valence-electron chi connectivity index (χ1n) is 7.15. The summed E-state index contributed by atoms with van der Waals surface area (Å²) in [6.45, 7) is 0. The van der Waals surface area contributed by atoms with Gasteiger partial charge in [0, 0.05) is 29.1 Å². The predicted octanol–water partition coefficient (Wildman–Crippen LogP) is 3.24. The van der Waals surface area contributed by atoms with E-state index in [1.54, 1.807) is 0 Å². The first kappa shape index (κ1) is 13.9. The minimum Gasteiger partial charge on any atom is -0.383 e. The summed E-state index contributed by atoms with van der Waals surface area (Å²) in [4.78, 5) is 9.37. The Morgan fingerprint density at radius 1 is 1.09 bits per heavy atom. The van der Waals surface area contributed by atoms with Crippen molar-refractivity contribution in [2.45, 2.75) is 4.90 Å². The van der Waals surface area contributed by atoms with Gasteiger partial charge in [-0.25, -0.2) is 4.98 Å². The van der Waals surface area contributed by atoms with E-state index in [-0.39, 0.29) is 5.95 Å². The van der Waals surface area contributed by atoms with Gasteiger partial charge in [0.25, 0.3) is 0 Å². The van der Waals surface area contributed by atoms with Crippen LogP contribution in [0.4, 0.5) is 11.8 Å². The van der Waals surface area contributed by atoms with Crippen molar-refractivity contribution in [2.75, 3.05) is 11.5 Å². The Balaban J connectivity index is 2.20. The van der Waals surface area contributed by atoms with Crippen molar-refractivity contribution in [1.82, 2.24) is 14.5 Å². The third-order valence-corrected chi connectivity index (χ3v) is 4.30. The van der Waals surface area contributed by atoms with Crippen molar-refractivity contribution in [1.29, 1.82) is 0 Å². The van der Waals surface area contributed by atoms with Gasteiger partial charge in [-0.3, -0.25) is 0 Å². The van der Waals surface area contributed by atoms with Crippen molar-refractivity contribution >= 4 is 46.2 Å². The van der Waals surface area contributed by atoms with E-state index in [4.69, 9.17) is 11.5 Å². The van der Waals surface area contributed by atoms with Crippen molar-refractivity contribution < 1.29 is 0 Å². The third-order valence-electron chi connectivity index (χ3n) is 4.02. The molecule has 6 heteroatoms. The molecule has 0 unspecified atom stereocenters. The molecule has 0 spiro atoms. The molecule has 114 valence electrons. The molecule has 4 N–H and O–H groups in total. The molecule has 0 radical (unpaired) electrons. The minimum absolute atomic E-state index is 0.180. The molecule has 0 atom stereocenters. The molecule has 0 aliphatic carbocycles. The summed E-state index contributed by atoms with van der Waals surface area (Å²) >= 11 is 4.44. The van der Waals surface area contributed by atoms with Gasteiger partial charge >= 0.3 is 0 Å². The molecule has 2 heterocycles. The summed E-state index contributed by atoms with van der Waals surface area (Å²) in [5.74, 6) is 0.581. The molecular weight excluding hydrogens is 306 g/mol. The maximum absolute atomic E-state index is 6.09. The van der Waals surface area contributed by atoms with Crippen LogP contribution in [0.1, 0.15) is 0 Å². The lowest BCUT2D eigenvalue weighted by atomic mass is 10.00. The molecule has 23 heavy (non-hydrogen) atoms. The Labute approximate surface area is 138 Å². The number of rotatable bonds is 1. The summed E-state index contributed by atoms with van der Waals surface area (Å²) in [7, 11) is 2.01. The van der Waals surface area contributed by atoms with Crippen LogP contribution in [0.2, 0.25) is 0 Å². The van der Waals surface area contributed by atoms with Crippen LogP contribution < -0.4 is 11.5 Å². The molecule has 0 saturated carbocycles. The summed E-state index contributed by atoms with van der Waals surface area (Å²) in [6.07, 6.45) is 2.01. The van der Waals surface area contributed by atoms with Crippen LogP contribution in [0.3, 0.4) is 0 Å². The highest BCUT2D eigenvalue weighted by Crippen LogP contribution is 2.37. The first-order valence-corrected chi connectivity index (χ1v) is 7.59. The standard InChI is InChI=1S/C17H15N5S/c1-22-6-5-11-14-13(20-17(19)21-16(14)18)8-12(15(11)22)9-3-2-4-10(23)7-9/h2-8,23H,1H3,(H4,18,19,20,21). The zero-order valence-corrected chi connectivity index (χ0v) is 13.4. The van der Waals surface area contributed by atoms with Crippen LogP contribution in [0.15, 0.2) is 47.5 Å². The summed E-state index contributed by atoms with van der Waals surface area (Å²) in [5.41, 5.74) is 15.8. The second kappa shape index (κ2) is 4.89. The number of thiol groups is 1. The first-order chi connectivity index (χ1) is 11.0. The fraction of sp³-hybridized carbons (Fsp3) is 0.0588. The summed E-state index contributed by atoms with van der Waals surface area (Å²) in [5, 5.41) is 1.85. The fourth-order valence-electron chi connectivity index (χ4n) is 3.06. The quantitative estimate of drug-likeness (QED) is 0.470. The fourth-order valence-corrected chi connectivity index (χ4v) is 3.29. The van der Waals surface area contributed by atoms with Crippen molar-refractivity contribution in [3.8, 4) is 11.1 Å². The number of hydrogen-bond donors (Lipinski definition) is 3. The average molecular weight is 321 g/mol. The van der Waals surface area contributed by atoms with Crippen LogP contribution in [0, 0.1) is 0 Å². The summed E-state index contributed by atoms with van der Waals surface area (Å²) < 4.78 is 2.07. The van der Waals surface area contributed by atoms with Crippen LogP contribution in [-0.2, 0) is 7.05 Å². The van der Waals surface area contributed by atoms with Crippen molar-refractivity contribution in [3.05, 3.63) is 42.6 Å². The zero-order valence-electron chi connectivity index (χ0n) is 12.5. The minimum atomic E-state index is 0.180. The van der Waals surface area contributed by atoms with Crippen LogP contribution in [0.5, 0.6) is 0 Å². The Hall–Kier alpha value is -2.73. The Morgan fingerprint density at radius 3 is 2.70 bits per heavy atom. The lowest BCUT2D eigenvalue weighted by Gasteiger charge is -2.11. The van der Waals surface area contributed by atoms with E-state index in [1.165, 1.54) is 0 Å². The molecule has 0 aliphatic heterocycles. The molecule has 5 nitrogen and oxygen atoms in total. The number of fused-ring (bicyclic) bond motifs is 3. The maximum Gasteiger partial charge on any atom is 0.222 e. The van der Waals surface area contributed by atoms with E-state index in [0.29, 0.717) is 5.82 Å². The lowest BCUT2D eigenvalue weighted by molar-refractivity contribution is 0.970. The van der Waals surface area contributed by atoms with Crippen LogP contribution in [0.25, 0.3) is 32.9 Å². The Morgan fingerprint density at radius 2 is 1.91 bits per heavy atom. The summed E-state index contributed by atoms with van der Waals surface area (Å²) in [6, 6.07) is 12.1. The SMILES string of the molecule is Cn1ccc2c3c(N)nc(N)nc3cc(-c3cccc(S)c3)c21. The molecule has 2 aromatic heterocycles. The van der Waals surface area contributed by atoms with Crippen molar-refractivity contribution in [3.63, 3.8) is 0 Å². The molecule has 0 aliphatic rings. The number of nitrogens with zero attached hydrogens (tertiary/aromatic N) is 3. The second-order valence-electron chi connectivity index (χ2n) is 5.52. The van der Waals surface area contributed by atoms with Gasteiger partial charge in [0.1, 0.15) is 5.82 Å². The molecule has 4 aromatic rings. The number of hydrogen-bond acceptors (Lipinski definition) is 5. The van der Waals surface area contributed by atoms with Crippen LogP contribution in [-0.4, -0.2) is 14.5 Å². The normalized spacial score (nSPS) is 11.4. The van der Waals surface area contributed by atoms with Crippen LogP contribution >= 0.6 is 12.6 Å². The maximum atomic E-state index is 6.09. The van der Waals surface area contributed by atoms with Gasteiger partial charge in [-0.2, -0.15) is 4.98 Å². The van der Waals surface area contributed by atoms with Gasteiger partial charge in [-0.05, 0) is 29.8 Å². The number of anilines is 2. The third kappa shape index (κ3) is 2.10. The van der Waals surface area contributed by atoms with Gasteiger partial charge in [-0.15, -0.1) is 12.6 Å². The van der Waals surface area contributed by atoms with E-state index in [0.717, 1.165) is 37.8 Å². The highest BCUT2D eigenvalue weighted by molar-refractivity contribution is 7.80. The van der Waals surface area contributed by atoms with Crippen molar-refractivity contribution in [2.24, 2.45) is 7.05 Å². The van der Waals surface area contributed by atoms with E-state index in [1.807, 2.05) is 43.6 Å². The number of aromatic nitrogens is 3. The van der Waals surface area contributed by atoms with Gasteiger partial charge in [0.05, 0.1) is 16.4 Å². The average Bonchev–Trinajstić information content (AvgIpc) is 2.88. The van der Waals surface area contributed by atoms with Gasteiger partial charge < -0.3 is 16.0 Å². The van der Waals surface area contributed by atoms with E-state index >= 15 is 0 Å². The molecule has 2 aromatic carbocycles. The van der Waals surface area contributed by atoms with Gasteiger partial charge in [0.15, 0.2) is 0 Å². The van der Waals surface area contributed by atoms with E-state index in [9.17, 15) is 0 Å². The number of aryl methyl sites for hydroxylation is 1. The predicted molar refractivity (Wildman–Crippen MR) is 97.5 cm³/mol. The second-order valence-corrected chi connectivity index (χ2v) is 6.04. The highest BCUT2D eigenvalue weighted by atomic mass is 32.1. The number of nitrogens with two attached hydrogens (primary N) is 2. The highest BCUT2D eigenvalue weighted by Gasteiger charge is 2.15. The topological polar surface area (TPSA) is 82.8 Å². The van der Waals surface area contributed by atoms with Gasteiger partial charge in [0.2, 0.25) is 5.95 Å². The molecular formula is C17H15N5S. The van der Waals surface area contributed by atoms with Gasteiger partial charge in [-0.1, -0.05) is 12.1 Å². The number of nitrogen functional groups attached to an aromatic ring is 2. The Bertz CT molecular complexity index is 1070. The molecule has 0 saturated heterocycles. The monoisotopic (exact) mass is 321 g/mol.